The Balaban J connectivity index is 2.10. The Hall–Kier alpha value is -2.77. The van der Waals surface area contributed by atoms with Crippen molar-refractivity contribution >= 4 is 17.3 Å². The van der Waals surface area contributed by atoms with E-state index in [0.29, 0.717) is 17.1 Å². The highest BCUT2D eigenvalue weighted by atomic mass is 19.1. The van der Waals surface area contributed by atoms with Gasteiger partial charge in [0.2, 0.25) is 5.91 Å². The number of nitrogens with one attached hydrogen (secondary N) is 1. The lowest BCUT2D eigenvalue weighted by Crippen LogP contribution is -2.25. The average molecular weight is 320 g/mol. The van der Waals surface area contributed by atoms with Crippen molar-refractivity contribution < 1.29 is 14.1 Å². The summed E-state index contributed by atoms with van der Waals surface area (Å²) in [5, 5.41) is 17.7. The average Bonchev–Trinajstić information content (AvgIpc) is 2.73. The summed E-state index contributed by atoms with van der Waals surface area (Å²) >= 11 is 0. The van der Waals surface area contributed by atoms with Gasteiger partial charge in [-0.05, 0) is 32.0 Å². The fourth-order valence-electron chi connectivity index (χ4n) is 2.30. The third kappa shape index (κ3) is 3.71. The molecule has 1 aromatic heterocycles. The number of aryl methyl sites for hydroxylation is 1. The Morgan fingerprint density at radius 2 is 2.17 bits per heavy atom. The zero-order valence-electron chi connectivity index (χ0n) is 13.0. The smallest absolute Gasteiger partial charge is 0.312 e. The van der Waals surface area contributed by atoms with Crippen molar-refractivity contribution in [1.29, 1.82) is 0 Å². The second-order valence-corrected chi connectivity index (χ2v) is 5.36. The maximum absolute atomic E-state index is 13.1. The highest BCUT2D eigenvalue weighted by molar-refractivity contribution is 5.92. The van der Waals surface area contributed by atoms with E-state index in [9.17, 15) is 19.3 Å². The number of carbonyl (C=O) groups is 1. The Morgan fingerprint density at radius 3 is 2.74 bits per heavy atom. The second-order valence-electron chi connectivity index (χ2n) is 5.36. The zero-order valence-corrected chi connectivity index (χ0v) is 13.0. The summed E-state index contributed by atoms with van der Waals surface area (Å²) in [5.74, 6) is -1.24. The second kappa shape index (κ2) is 6.55. The Kier molecular flexibility index (Phi) is 4.73. The van der Waals surface area contributed by atoms with E-state index in [-0.39, 0.29) is 18.1 Å². The number of carbonyl (C=O) groups excluding carboxylic acids is 1. The highest BCUT2D eigenvalue weighted by Crippen LogP contribution is 2.22. The summed E-state index contributed by atoms with van der Waals surface area (Å²) in [6.07, 6.45) is 0. The van der Waals surface area contributed by atoms with Crippen LogP contribution in [0, 0.1) is 35.7 Å². The SMILES string of the molecule is Cc1nn(C[C@@H](C)C(=O)Nc2cccc(F)c2)c(C)c1[N+](=O)[O-]. The largest absolute Gasteiger partial charge is 0.326 e. The normalized spacial score (nSPS) is 12.0. The molecule has 0 radical (unpaired) electrons. The number of amides is 1. The molecule has 0 saturated heterocycles. The molecule has 0 unspecified atom stereocenters. The van der Waals surface area contributed by atoms with Crippen LogP contribution in [0.25, 0.3) is 0 Å². The van der Waals surface area contributed by atoms with Crippen LogP contribution in [0.5, 0.6) is 0 Å². The van der Waals surface area contributed by atoms with E-state index in [1.54, 1.807) is 26.8 Å². The predicted octanol–water partition coefficient (Wildman–Crippen LogP) is 2.82. The number of nitrogens with zero attached hydrogens (tertiary/aromatic N) is 3. The van der Waals surface area contributed by atoms with E-state index >= 15 is 0 Å². The predicted molar refractivity (Wildman–Crippen MR) is 82.5 cm³/mol. The van der Waals surface area contributed by atoms with Crippen molar-refractivity contribution in [3.05, 3.63) is 51.6 Å². The maximum Gasteiger partial charge on any atom is 0.312 e. The van der Waals surface area contributed by atoms with E-state index in [4.69, 9.17) is 0 Å². The molecule has 122 valence electrons. The molecule has 1 amide bonds. The van der Waals surface area contributed by atoms with Gasteiger partial charge in [-0.2, -0.15) is 5.10 Å². The summed E-state index contributed by atoms with van der Waals surface area (Å²) in [7, 11) is 0. The van der Waals surface area contributed by atoms with Gasteiger partial charge in [0.25, 0.3) is 0 Å². The Labute approximate surface area is 132 Å². The van der Waals surface area contributed by atoms with E-state index in [0.717, 1.165) is 0 Å². The standard InChI is InChI=1S/C15H17FN4O3/c1-9(15(21)17-13-6-4-5-12(16)7-13)8-19-11(3)14(20(22)23)10(2)18-19/h4-7,9H,8H2,1-3H3,(H,17,21)/t9-/m1/s1. The fraction of sp³-hybridized carbons (Fsp3) is 0.333. The highest BCUT2D eigenvalue weighted by Gasteiger charge is 2.24. The van der Waals surface area contributed by atoms with Crippen molar-refractivity contribution in [1.82, 2.24) is 9.78 Å². The number of rotatable bonds is 5. The number of nitro groups is 1. The minimum Gasteiger partial charge on any atom is -0.326 e. The van der Waals surface area contributed by atoms with Crippen LogP contribution in [-0.4, -0.2) is 20.6 Å². The molecule has 1 aromatic carbocycles. The molecule has 1 N–H and O–H groups in total. The summed E-state index contributed by atoms with van der Waals surface area (Å²) < 4.78 is 14.6. The van der Waals surface area contributed by atoms with Gasteiger partial charge in [-0.3, -0.25) is 19.6 Å². The van der Waals surface area contributed by atoms with Gasteiger partial charge in [0, 0.05) is 5.69 Å². The molecule has 23 heavy (non-hydrogen) atoms. The lowest BCUT2D eigenvalue weighted by Gasteiger charge is -2.13. The van der Waals surface area contributed by atoms with E-state index in [1.807, 2.05) is 0 Å². The third-order valence-corrected chi connectivity index (χ3v) is 3.51. The van der Waals surface area contributed by atoms with Gasteiger partial charge in [0.15, 0.2) is 0 Å². The summed E-state index contributed by atoms with van der Waals surface area (Å²) in [4.78, 5) is 22.7. The number of aromatic nitrogens is 2. The molecule has 0 saturated carbocycles. The molecule has 2 rings (SSSR count). The molecule has 0 spiro atoms. The van der Waals surface area contributed by atoms with Crippen LogP contribution >= 0.6 is 0 Å². The quantitative estimate of drug-likeness (QED) is 0.677. The van der Waals surface area contributed by atoms with Gasteiger partial charge < -0.3 is 5.32 Å². The lowest BCUT2D eigenvalue weighted by molar-refractivity contribution is -0.386. The number of hydrogen-bond acceptors (Lipinski definition) is 4. The Morgan fingerprint density at radius 1 is 1.48 bits per heavy atom. The van der Waals surface area contributed by atoms with Gasteiger partial charge in [-0.15, -0.1) is 0 Å². The molecule has 8 heteroatoms. The van der Waals surface area contributed by atoms with Crippen LogP contribution in [0.4, 0.5) is 15.8 Å². The van der Waals surface area contributed by atoms with Crippen LogP contribution in [-0.2, 0) is 11.3 Å². The molecule has 0 aliphatic rings. The number of anilines is 1. The molecule has 7 nitrogen and oxygen atoms in total. The summed E-state index contributed by atoms with van der Waals surface area (Å²) in [5.41, 5.74) is 1.03. The molecule has 1 atom stereocenters. The fourth-order valence-corrected chi connectivity index (χ4v) is 2.30. The van der Waals surface area contributed by atoms with Gasteiger partial charge in [-0.25, -0.2) is 4.39 Å². The number of hydrogen-bond donors (Lipinski definition) is 1. The van der Waals surface area contributed by atoms with Crippen molar-refractivity contribution in [3.8, 4) is 0 Å². The van der Waals surface area contributed by atoms with Crippen LogP contribution in [0.3, 0.4) is 0 Å². The van der Waals surface area contributed by atoms with Crippen LogP contribution in [0.2, 0.25) is 0 Å². The first kappa shape index (κ1) is 16.6. The number of halogens is 1. The molecular weight excluding hydrogens is 303 g/mol. The van der Waals surface area contributed by atoms with Gasteiger partial charge in [0.05, 0.1) is 17.4 Å². The van der Waals surface area contributed by atoms with Gasteiger partial charge >= 0.3 is 5.69 Å². The number of benzene rings is 1. The molecule has 0 fully saturated rings. The molecular formula is C15H17FN4O3. The first-order chi connectivity index (χ1) is 10.8. The zero-order chi connectivity index (χ0) is 17.1. The van der Waals surface area contributed by atoms with Crippen molar-refractivity contribution in [2.45, 2.75) is 27.3 Å². The van der Waals surface area contributed by atoms with E-state index in [2.05, 4.69) is 10.4 Å². The Bertz CT molecular complexity index is 757. The molecule has 2 aromatic rings. The van der Waals surface area contributed by atoms with E-state index in [1.165, 1.54) is 22.9 Å². The van der Waals surface area contributed by atoms with Gasteiger partial charge in [-0.1, -0.05) is 13.0 Å². The summed E-state index contributed by atoms with van der Waals surface area (Å²) in [6.45, 7) is 5.02. The topological polar surface area (TPSA) is 90.1 Å². The van der Waals surface area contributed by atoms with Gasteiger partial charge in [0.1, 0.15) is 17.2 Å². The molecule has 1 heterocycles. The minimum atomic E-state index is -0.490. The minimum absolute atomic E-state index is 0.0391. The first-order valence-electron chi connectivity index (χ1n) is 7.04. The molecule has 0 aliphatic carbocycles. The van der Waals surface area contributed by atoms with Crippen molar-refractivity contribution in [3.63, 3.8) is 0 Å². The maximum atomic E-state index is 13.1. The first-order valence-corrected chi connectivity index (χ1v) is 7.04. The third-order valence-electron chi connectivity index (χ3n) is 3.51. The molecule has 0 bridgehead atoms. The molecule has 0 aliphatic heterocycles. The van der Waals surface area contributed by atoms with Crippen LogP contribution < -0.4 is 5.32 Å². The van der Waals surface area contributed by atoms with Crippen molar-refractivity contribution in [2.24, 2.45) is 5.92 Å². The lowest BCUT2D eigenvalue weighted by atomic mass is 10.1. The van der Waals surface area contributed by atoms with E-state index < -0.39 is 16.7 Å². The van der Waals surface area contributed by atoms with Crippen LogP contribution in [0.15, 0.2) is 24.3 Å². The van der Waals surface area contributed by atoms with Crippen molar-refractivity contribution in [2.75, 3.05) is 5.32 Å². The van der Waals surface area contributed by atoms with Crippen LogP contribution in [0.1, 0.15) is 18.3 Å². The summed E-state index contributed by atoms with van der Waals surface area (Å²) in [6, 6.07) is 5.59. The monoisotopic (exact) mass is 320 g/mol.